The molecular weight excluding hydrogens is 552 g/mol. The lowest BCUT2D eigenvalue weighted by molar-refractivity contribution is -0.137. The summed E-state index contributed by atoms with van der Waals surface area (Å²) in [4.78, 5) is 29.8. The van der Waals surface area contributed by atoms with E-state index in [2.05, 4.69) is 29.0 Å². The Bertz CT molecular complexity index is 1340. The second-order valence-electron chi connectivity index (χ2n) is 10.1. The molecule has 1 aromatic heterocycles. The average molecular weight is 587 g/mol. The van der Waals surface area contributed by atoms with Crippen LogP contribution in [0.1, 0.15) is 43.4 Å². The molecule has 0 aliphatic carbocycles. The van der Waals surface area contributed by atoms with Crippen molar-refractivity contribution in [2.75, 3.05) is 18.4 Å². The van der Waals surface area contributed by atoms with Crippen LogP contribution in [-0.2, 0) is 22.3 Å². The number of alkyl halides is 3. The van der Waals surface area contributed by atoms with Crippen LogP contribution in [0.25, 0.3) is 6.08 Å². The summed E-state index contributed by atoms with van der Waals surface area (Å²) in [6, 6.07) is 14.2. The summed E-state index contributed by atoms with van der Waals surface area (Å²) in [6.45, 7) is 6.15. The van der Waals surface area contributed by atoms with Gasteiger partial charge in [0.15, 0.2) is 5.82 Å². The van der Waals surface area contributed by atoms with Crippen molar-refractivity contribution in [3.8, 4) is 0 Å². The Morgan fingerprint density at radius 1 is 1.14 bits per heavy atom. The third-order valence-electron chi connectivity index (χ3n) is 6.94. The van der Waals surface area contributed by atoms with E-state index < -0.39 is 17.6 Å². The molecule has 2 heterocycles. The van der Waals surface area contributed by atoms with Crippen molar-refractivity contribution in [3.63, 3.8) is 0 Å². The maximum atomic E-state index is 14.1. The molecule has 3 aromatic rings. The summed E-state index contributed by atoms with van der Waals surface area (Å²) >= 11 is 0. The molecule has 0 bridgehead atoms. The first-order valence-corrected chi connectivity index (χ1v) is 13.4. The molecular formula is C31H34F4N4O3. The number of rotatable bonds is 8. The lowest BCUT2D eigenvalue weighted by Crippen LogP contribution is -2.48. The predicted molar refractivity (Wildman–Crippen MR) is 153 cm³/mol. The number of halogens is 4. The molecule has 2 aromatic carbocycles. The van der Waals surface area contributed by atoms with Crippen molar-refractivity contribution in [2.45, 2.75) is 51.5 Å². The Kier molecular flexibility index (Phi) is 11.6. The Morgan fingerprint density at radius 3 is 2.40 bits per heavy atom. The van der Waals surface area contributed by atoms with E-state index in [-0.39, 0.29) is 18.4 Å². The fourth-order valence-corrected chi connectivity index (χ4v) is 4.72. The zero-order chi connectivity index (χ0) is 30.7. The van der Waals surface area contributed by atoms with Gasteiger partial charge in [0.2, 0.25) is 5.91 Å². The zero-order valence-electron chi connectivity index (χ0n) is 23.4. The number of likely N-dealkylation sites (tertiary alicyclic amines) is 1. The van der Waals surface area contributed by atoms with Crippen LogP contribution >= 0.6 is 0 Å². The van der Waals surface area contributed by atoms with Gasteiger partial charge in [-0.3, -0.25) is 14.6 Å². The highest BCUT2D eigenvalue weighted by molar-refractivity contribution is 5.92. The number of hydrogen-bond acceptors (Lipinski definition) is 5. The summed E-state index contributed by atoms with van der Waals surface area (Å²) < 4.78 is 52.8. The number of carboxylic acid groups (broad SMARTS) is 1. The minimum Gasteiger partial charge on any atom is -0.483 e. The third kappa shape index (κ3) is 9.41. The molecule has 1 aliphatic rings. The normalized spacial score (nSPS) is 14.4. The van der Waals surface area contributed by atoms with Gasteiger partial charge in [0.05, 0.1) is 17.4 Å². The number of piperidine rings is 1. The van der Waals surface area contributed by atoms with Crippen LogP contribution < -0.4 is 5.32 Å². The second kappa shape index (κ2) is 15.1. The fourth-order valence-electron chi connectivity index (χ4n) is 4.72. The first kappa shape index (κ1) is 32.3. The molecule has 1 saturated heterocycles. The summed E-state index contributed by atoms with van der Waals surface area (Å²) in [6.07, 6.45) is 2.83. The van der Waals surface area contributed by atoms with E-state index in [0.717, 1.165) is 49.8 Å². The largest absolute Gasteiger partial charge is 0.483 e. The minimum atomic E-state index is -4.41. The number of aromatic nitrogens is 1. The van der Waals surface area contributed by atoms with Crippen molar-refractivity contribution in [2.24, 2.45) is 0 Å². The lowest BCUT2D eigenvalue weighted by Gasteiger charge is -2.39. The minimum absolute atomic E-state index is 0.0130. The highest BCUT2D eigenvalue weighted by atomic mass is 19.4. The lowest BCUT2D eigenvalue weighted by atomic mass is 10.0. The second-order valence-corrected chi connectivity index (χ2v) is 10.1. The number of benzene rings is 2. The molecule has 1 fully saturated rings. The maximum absolute atomic E-state index is 14.1. The van der Waals surface area contributed by atoms with Crippen molar-refractivity contribution in [3.05, 3.63) is 95.6 Å². The van der Waals surface area contributed by atoms with Crippen LogP contribution in [0.5, 0.6) is 0 Å². The van der Waals surface area contributed by atoms with Crippen molar-refractivity contribution >= 4 is 29.8 Å². The molecule has 0 spiro atoms. The van der Waals surface area contributed by atoms with Gasteiger partial charge >= 0.3 is 6.18 Å². The van der Waals surface area contributed by atoms with Crippen LogP contribution in [0.15, 0.2) is 73.1 Å². The molecule has 11 heteroatoms. The number of amides is 1. The van der Waals surface area contributed by atoms with E-state index in [4.69, 9.17) is 9.90 Å². The van der Waals surface area contributed by atoms with Gasteiger partial charge in [0.1, 0.15) is 0 Å². The zero-order valence-corrected chi connectivity index (χ0v) is 23.4. The summed E-state index contributed by atoms with van der Waals surface area (Å²) in [5.41, 5.74) is 1.63. The van der Waals surface area contributed by atoms with Crippen LogP contribution in [0.3, 0.4) is 0 Å². The van der Waals surface area contributed by atoms with E-state index >= 15 is 0 Å². The summed E-state index contributed by atoms with van der Waals surface area (Å²) in [5, 5.41) is 9.94. The Balaban J connectivity index is 0.00000155. The van der Waals surface area contributed by atoms with Gasteiger partial charge < -0.3 is 20.2 Å². The van der Waals surface area contributed by atoms with Crippen LogP contribution in [0.2, 0.25) is 0 Å². The monoisotopic (exact) mass is 586 g/mol. The van der Waals surface area contributed by atoms with Gasteiger partial charge in [-0.1, -0.05) is 24.3 Å². The molecule has 224 valence electrons. The van der Waals surface area contributed by atoms with Gasteiger partial charge in [-0.2, -0.15) is 13.2 Å². The third-order valence-corrected chi connectivity index (χ3v) is 6.94. The summed E-state index contributed by atoms with van der Waals surface area (Å²) in [5.74, 6) is -0.679. The smallest absolute Gasteiger partial charge is 0.416 e. The number of carbonyl (C=O) groups excluding carboxylic acids is 1. The van der Waals surface area contributed by atoms with Gasteiger partial charge in [-0.05, 0) is 74.2 Å². The van der Waals surface area contributed by atoms with E-state index in [1.54, 1.807) is 12.1 Å². The average Bonchev–Trinajstić information content (AvgIpc) is 2.96. The van der Waals surface area contributed by atoms with E-state index in [0.29, 0.717) is 29.5 Å². The number of nitrogens with zero attached hydrogens (tertiary/aromatic N) is 3. The Morgan fingerprint density at radius 2 is 1.81 bits per heavy atom. The van der Waals surface area contributed by atoms with Gasteiger partial charge in [0.25, 0.3) is 6.47 Å². The van der Waals surface area contributed by atoms with Crippen LogP contribution in [0, 0.1) is 5.82 Å². The van der Waals surface area contributed by atoms with Crippen molar-refractivity contribution in [1.82, 2.24) is 14.8 Å². The SMILES string of the molecule is CC(C)N1CCC(N(Cc2cccc(Nc3ccncc3F)c2)C(=O)/C=C/c2ccc(C(F)(F)F)cc2)CC1.O=CO. The number of hydrogen-bond donors (Lipinski definition) is 2. The molecule has 1 aliphatic heterocycles. The first-order chi connectivity index (χ1) is 20.0. The molecule has 0 radical (unpaired) electrons. The molecule has 7 nitrogen and oxygen atoms in total. The molecule has 4 rings (SSSR count). The highest BCUT2D eigenvalue weighted by Crippen LogP contribution is 2.29. The predicted octanol–water partition coefficient (Wildman–Crippen LogP) is 6.60. The van der Waals surface area contributed by atoms with Crippen molar-refractivity contribution in [1.29, 1.82) is 0 Å². The van der Waals surface area contributed by atoms with Crippen LogP contribution in [-0.4, -0.2) is 57.4 Å². The number of carbonyl (C=O) groups is 2. The number of pyridine rings is 1. The van der Waals surface area contributed by atoms with E-state index in [1.807, 2.05) is 29.2 Å². The molecule has 1 amide bonds. The van der Waals surface area contributed by atoms with Gasteiger partial charge in [-0.15, -0.1) is 0 Å². The number of anilines is 2. The highest BCUT2D eigenvalue weighted by Gasteiger charge is 2.30. The summed E-state index contributed by atoms with van der Waals surface area (Å²) in [7, 11) is 0. The molecule has 2 N–H and O–H groups in total. The maximum Gasteiger partial charge on any atom is 0.416 e. The first-order valence-electron chi connectivity index (χ1n) is 13.4. The van der Waals surface area contributed by atoms with Crippen molar-refractivity contribution < 1.29 is 32.3 Å². The van der Waals surface area contributed by atoms with Gasteiger partial charge in [-0.25, -0.2) is 4.39 Å². The van der Waals surface area contributed by atoms with Crippen LogP contribution in [0.4, 0.5) is 28.9 Å². The van der Waals surface area contributed by atoms with E-state index in [9.17, 15) is 22.4 Å². The molecule has 0 atom stereocenters. The molecule has 0 unspecified atom stereocenters. The Labute approximate surface area is 242 Å². The molecule has 0 saturated carbocycles. The Hall–Kier alpha value is -4.25. The fraction of sp³-hybridized carbons (Fsp3) is 0.323. The van der Waals surface area contributed by atoms with E-state index in [1.165, 1.54) is 24.4 Å². The van der Waals surface area contributed by atoms with Gasteiger partial charge in [0, 0.05) is 49.7 Å². The number of nitrogens with one attached hydrogen (secondary N) is 1. The quantitative estimate of drug-likeness (QED) is 0.176. The topological polar surface area (TPSA) is 85.8 Å². The molecule has 42 heavy (non-hydrogen) atoms. The standard InChI is InChI=1S/C30H32F4N4O.CH2O2/c1-21(2)37-16-13-26(14-17-37)38(29(39)11-8-22-6-9-24(10-7-22)30(32,33)34)20-23-4-3-5-25(18-23)36-28-12-15-35-19-27(28)31;2-1-3/h3-12,15,18-19,21,26H,13-14,16-17,20H2,1-2H3,(H,35,36);1H,(H,2,3)/b11-8+;.